The molecule has 0 radical (unpaired) electrons. The van der Waals surface area contributed by atoms with Gasteiger partial charge in [-0.05, 0) is 55.7 Å². The van der Waals surface area contributed by atoms with Gasteiger partial charge in [0.15, 0.2) is 0 Å². The van der Waals surface area contributed by atoms with Crippen molar-refractivity contribution in [3.63, 3.8) is 0 Å². The van der Waals surface area contributed by atoms with Crippen LogP contribution in [0.3, 0.4) is 0 Å². The van der Waals surface area contributed by atoms with E-state index in [-0.39, 0.29) is 0 Å². The van der Waals surface area contributed by atoms with E-state index in [2.05, 4.69) is 43.4 Å². The fraction of sp³-hybridized carbons (Fsp3) is 0.625. The second kappa shape index (κ2) is 6.20. The van der Waals surface area contributed by atoms with E-state index in [0.29, 0.717) is 0 Å². The van der Waals surface area contributed by atoms with E-state index in [1.165, 1.54) is 43.4 Å². The molecule has 0 spiro atoms. The summed E-state index contributed by atoms with van der Waals surface area (Å²) < 4.78 is 0. The van der Waals surface area contributed by atoms with Crippen molar-refractivity contribution in [2.45, 2.75) is 52.0 Å². The maximum Gasteiger partial charge on any atom is 0.00727 e. The van der Waals surface area contributed by atoms with Crippen LogP contribution in [0.1, 0.15) is 44.2 Å². The minimum absolute atomic E-state index is 0.740. The van der Waals surface area contributed by atoms with Crippen LogP contribution in [0.4, 0.5) is 0 Å². The van der Waals surface area contributed by atoms with Crippen molar-refractivity contribution in [2.75, 3.05) is 6.54 Å². The average molecular weight is 231 g/mol. The van der Waals surface area contributed by atoms with Crippen LogP contribution in [0.15, 0.2) is 24.3 Å². The molecule has 1 heterocycles. The summed E-state index contributed by atoms with van der Waals surface area (Å²) in [6.07, 6.45) is 6.35. The van der Waals surface area contributed by atoms with E-state index < -0.39 is 0 Å². The molecule has 1 fully saturated rings. The third-order valence-electron chi connectivity index (χ3n) is 3.97. The molecule has 1 aliphatic heterocycles. The zero-order valence-electron chi connectivity index (χ0n) is 11.2. The Morgan fingerprint density at radius 2 is 1.88 bits per heavy atom. The van der Waals surface area contributed by atoms with Crippen molar-refractivity contribution < 1.29 is 0 Å². The monoisotopic (exact) mass is 231 g/mol. The quantitative estimate of drug-likeness (QED) is 0.835. The molecule has 1 nitrogen and oxygen atoms in total. The zero-order chi connectivity index (χ0) is 12.1. The lowest BCUT2D eigenvalue weighted by Crippen LogP contribution is -2.37. The summed E-state index contributed by atoms with van der Waals surface area (Å²) in [5, 5.41) is 3.64. The Hall–Kier alpha value is -0.820. The molecule has 0 saturated carbocycles. The number of rotatable bonds is 4. The topological polar surface area (TPSA) is 12.0 Å². The van der Waals surface area contributed by atoms with E-state index in [4.69, 9.17) is 0 Å². The first-order valence-electron chi connectivity index (χ1n) is 7.09. The largest absolute Gasteiger partial charge is 0.314 e. The molecule has 2 rings (SSSR count). The van der Waals surface area contributed by atoms with Gasteiger partial charge in [-0.3, -0.25) is 0 Å². The van der Waals surface area contributed by atoms with Crippen molar-refractivity contribution in [2.24, 2.45) is 5.92 Å². The minimum Gasteiger partial charge on any atom is -0.314 e. The number of benzene rings is 1. The van der Waals surface area contributed by atoms with Gasteiger partial charge in [-0.2, -0.15) is 0 Å². The summed E-state index contributed by atoms with van der Waals surface area (Å²) in [5.74, 6) is 0.906. The molecule has 0 amide bonds. The van der Waals surface area contributed by atoms with Crippen LogP contribution in [0.25, 0.3) is 0 Å². The maximum absolute atomic E-state index is 3.64. The molecule has 2 unspecified atom stereocenters. The molecular weight excluding hydrogens is 206 g/mol. The van der Waals surface area contributed by atoms with Gasteiger partial charge in [0, 0.05) is 6.04 Å². The summed E-state index contributed by atoms with van der Waals surface area (Å²) in [5.41, 5.74) is 2.93. The van der Waals surface area contributed by atoms with Crippen molar-refractivity contribution in [1.82, 2.24) is 5.32 Å². The van der Waals surface area contributed by atoms with Gasteiger partial charge in [-0.1, -0.05) is 38.1 Å². The van der Waals surface area contributed by atoms with Crippen LogP contribution in [0, 0.1) is 5.92 Å². The Kier molecular flexibility index (Phi) is 4.61. The second-order valence-electron chi connectivity index (χ2n) is 5.49. The van der Waals surface area contributed by atoms with Gasteiger partial charge in [0.25, 0.3) is 0 Å². The predicted molar refractivity (Wildman–Crippen MR) is 74.3 cm³/mol. The Morgan fingerprint density at radius 1 is 1.18 bits per heavy atom. The number of nitrogens with one attached hydrogen (secondary N) is 1. The molecule has 0 aromatic heterocycles. The molecule has 94 valence electrons. The van der Waals surface area contributed by atoms with Gasteiger partial charge in [0.1, 0.15) is 0 Å². The summed E-state index contributed by atoms with van der Waals surface area (Å²) in [7, 11) is 0. The van der Waals surface area contributed by atoms with Crippen molar-refractivity contribution in [1.29, 1.82) is 0 Å². The van der Waals surface area contributed by atoms with Gasteiger partial charge in [0.05, 0.1) is 0 Å². The van der Waals surface area contributed by atoms with Crippen LogP contribution in [-0.2, 0) is 12.8 Å². The molecule has 1 N–H and O–H groups in total. The van der Waals surface area contributed by atoms with E-state index >= 15 is 0 Å². The van der Waals surface area contributed by atoms with Gasteiger partial charge >= 0.3 is 0 Å². The summed E-state index contributed by atoms with van der Waals surface area (Å²) in [6, 6.07) is 9.87. The standard InChI is InChI=1S/C16H25N/c1-3-14-4-6-15(7-5-14)8-9-16-12-13(2)10-11-17-16/h4-7,13,16-17H,3,8-12H2,1-2H3. The molecule has 1 aliphatic rings. The predicted octanol–water partition coefficient (Wildman–Crippen LogP) is 3.57. The average Bonchev–Trinajstić information content (AvgIpc) is 2.37. The lowest BCUT2D eigenvalue weighted by atomic mass is 9.91. The third kappa shape index (κ3) is 3.85. The lowest BCUT2D eigenvalue weighted by Gasteiger charge is -2.28. The van der Waals surface area contributed by atoms with Crippen LogP contribution in [-0.4, -0.2) is 12.6 Å². The molecule has 2 atom stereocenters. The van der Waals surface area contributed by atoms with Gasteiger partial charge in [-0.15, -0.1) is 0 Å². The molecule has 1 saturated heterocycles. The smallest absolute Gasteiger partial charge is 0.00727 e. The molecule has 0 aliphatic carbocycles. The number of piperidine rings is 1. The Labute approximate surface area is 106 Å². The number of hydrogen-bond donors (Lipinski definition) is 1. The first kappa shape index (κ1) is 12.6. The molecule has 1 aromatic rings. The molecule has 17 heavy (non-hydrogen) atoms. The normalized spacial score (nSPS) is 24.8. The third-order valence-corrected chi connectivity index (χ3v) is 3.97. The van der Waals surface area contributed by atoms with Crippen LogP contribution >= 0.6 is 0 Å². The Balaban J connectivity index is 1.80. The first-order valence-corrected chi connectivity index (χ1v) is 7.09. The lowest BCUT2D eigenvalue weighted by molar-refractivity contribution is 0.308. The fourth-order valence-corrected chi connectivity index (χ4v) is 2.72. The summed E-state index contributed by atoms with van der Waals surface area (Å²) >= 11 is 0. The Bertz CT molecular complexity index is 328. The highest BCUT2D eigenvalue weighted by Crippen LogP contribution is 2.18. The van der Waals surface area contributed by atoms with Crippen LogP contribution < -0.4 is 5.32 Å². The summed E-state index contributed by atoms with van der Waals surface area (Å²) in [4.78, 5) is 0. The summed E-state index contributed by atoms with van der Waals surface area (Å²) in [6.45, 7) is 5.80. The first-order chi connectivity index (χ1) is 8.28. The van der Waals surface area contributed by atoms with Gasteiger partial charge in [0.2, 0.25) is 0 Å². The highest BCUT2D eigenvalue weighted by atomic mass is 14.9. The molecule has 1 aromatic carbocycles. The Morgan fingerprint density at radius 3 is 2.53 bits per heavy atom. The van der Waals surface area contributed by atoms with Gasteiger partial charge in [-0.25, -0.2) is 0 Å². The molecule has 0 bridgehead atoms. The highest BCUT2D eigenvalue weighted by molar-refractivity contribution is 5.22. The maximum atomic E-state index is 3.64. The minimum atomic E-state index is 0.740. The SMILES string of the molecule is CCc1ccc(CCC2CC(C)CCN2)cc1. The van der Waals surface area contributed by atoms with Crippen molar-refractivity contribution >= 4 is 0 Å². The number of hydrogen-bond acceptors (Lipinski definition) is 1. The zero-order valence-corrected chi connectivity index (χ0v) is 11.2. The van der Waals surface area contributed by atoms with Crippen molar-refractivity contribution in [3.8, 4) is 0 Å². The van der Waals surface area contributed by atoms with E-state index in [9.17, 15) is 0 Å². The van der Waals surface area contributed by atoms with E-state index in [1.807, 2.05) is 0 Å². The molecular formula is C16H25N. The van der Waals surface area contributed by atoms with E-state index in [1.54, 1.807) is 0 Å². The van der Waals surface area contributed by atoms with Crippen molar-refractivity contribution in [3.05, 3.63) is 35.4 Å². The molecule has 1 heteroatoms. The van der Waals surface area contributed by atoms with Gasteiger partial charge < -0.3 is 5.32 Å². The highest BCUT2D eigenvalue weighted by Gasteiger charge is 2.17. The van der Waals surface area contributed by atoms with Crippen LogP contribution in [0.2, 0.25) is 0 Å². The van der Waals surface area contributed by atoms with E-state index in [0.717, 1.165) is 18.4 Å². The number of aryl methyl sites for hydroxylation is 2. The second-order valence-corrected chi connectivity index (χ2v) is 5.49. The fourth-order valence-electron chi connectivity index (χ4n) is 2.72. The van der Waals surface area contributed by atoms with Crippen LogP contribution in [0.5, 0.6) is 0 Å².